The molecule has 0 radical (unpaired) electrons. The van der Waals surface area contributed by atoms with Gasteiger partial charge < -0.3 is 10.1 Å². The number of nitrogens with one attached hydrogen (secondary N) is 3. The molecule has 3 amide bonds. The molecule has 0 unspecified atom stereocenters. The van der Waals surface area contributed by atoms with Crippen LogP contribution in [0.1, 0.15) is 33.2 Å². The molecule has 2 aromatic rings. The van der Waals surface area contributed by atoms with E-state index in [1.165, 1.54) is 20.1 Å². The summed E-state index contributed by atoms with van der Waals surface area (Å²) in [7, 11) is 1.43. The molecule has 0 aliphatic heterocycles. The van der Waals surface area contributed by atoms with Crippen molar-refractivity contribution >= 4 is 29.3 Å². The number of hydrogen-bond donors (Lipinski definition) is 3. The quantitative estimate of drug-likeness (QED) is 0.697. The SMILES string of the molecule is COc1ccc(Cl)cc1C(=O)NNC(=O)c1ccc(CNC(C)=O)cc1. The number of rotatable bonds is 5. The van der Waals surface area contributed by atoms with E-state index in [1.54, 1.807) is 36.4 Å². The van der Waals surface area contributed by atoms with Crippen molar-refractivity contribution < 1.29 is 19.1 Å². The Morgan fingerprint density at radius 3 is 2.27 bits per heavy atom. The van der Waals surface area contributed by atoms with E-state index in [2.05, 4.69) is 16.2 Å². The minimum Gasteiger partial charge on any atom is -0.496 e. The molecule has 0 aliphatic rings. The van der Waals surface area contributed by atoms with Gasteiger partial charge in [-0.3, -0.25) is 25.2 Å². The van der Waals surface area contributed by atoms with Gasteiger partial charge in [-0.2, -0.15) is 0 Å². The number of methoxy groups -OCH3 is 1. The Labute approximate surface area is 155 Å². The van der Waals surface area contributed by atoms with Crippen LogP contribution in [0.5, 0.6) is 5.75 Å². The highest BCUT2D eigenvalue weighted by molar-refractivity contribution is 6.31. The molecule has 0 saturated carbocycles. The second-order valence-electron chi connectivity index (χ2n) is 5.36. The van der Waals surface area contributed by atoms with Gasteiger partial charge in [-0.05, 0) is 35.9 Å². The lowest BCUT2D eigenvalue weighted by Crippen LogP contribution is -2.41. The highest BCUT2D eigenvalue weighted by Gasteiger charge is 2.14. The molecule has 0 fully saturated rings. The minimum absolute atomic E-state index is 0.133. The number of amides is 3. The summed E-state index contributed by atoms with van der Waals surface area (Å²) in [5, 5.41) is 3.04. The highest BCUT2D eigenvalue weighted by Crippen LogP contribution is 2.22. The number of carbonyl (C=O) groups excluding carboxylic acids is 3. The van der Waals surface area contributed by atoms with E-state index in [1.807, 2.05) is 0 Å². The van der Waals surface area contributed by atoms with Crippen LogP contribution in [-0.2, 0) is 11.3 Å². The highest BCUT2D eigenvalue weighted by atomic mass is 35.5. The lowest BCUT2D eigenvalue weighted by molar-refractivity contribution is -0.119. The zero-order valence-corrected chi connectivity index (χ0v) is 15.0. The first-order valence-electron chi connectivity index (χ1n) is 7.68. The topological polar surface area (TPSA) is 96.5 Å². The van der Waals surface area contributed by atoms with E-state index in [0.29, 0.717) is 22.9 Å². The summed E-state index contributed by atoms with van der Waals surface area (Å²) in [6, 6.07) is 11.2. The molecule has 0 bridgehead atoms. The standard InChI is InChI=1S/C18H18ClN3O4/c1-11(23)20-10-12-3-5-13(6-4-12)17(24)21-22-18(25)15-9-14(19)7-8-16(15)26-2/h3-9H,10H2,1-2H3,(H,20,23)(H,21,24)(H,22,25). The summed E-state index contributed by atoms with van der Waals surface area (Å²) in [4.78, 5) is 35.2. The van der Waals surface area contributed by atoms with Gasteiger partial charge in [-0.1, -0.05) is 23.7 Å². The fourth-order valence-electron chi connectivity index (χ4n) is 2.11. The molecule has 2 aromatic carbocycles. The maximum atomic E-state index is 12.2. The van der Waals surface area contributed by atoms with Gasteiger partial charge in [0.1, 0.15) is 5.75 Å². The lowest BCUT2D eigenvalue weighted by atomic mass is 10.1. The van der Waals surface area contributed by atoms with Gasteiger partial charge in [-0.25, -0.2) is 0 Å². The Hall–Kier alpha value is -3.06. The zero-order chi connectivity index (χ0) is 19.1. The molecule has 0 heterocycles. The van der Waals surface area contributed by atoms with Crippen LogP contribution in [0.2, 0.25) is 5.02 Å². The van der Waals surface area contributed by atoms with Gasteiger partial charge in [-0.15, -0.1) is 0 Å². The largest absolute Gasteiger partial charge is 0.496 e. The molecule has 136 valence electrons. The van der Waals surface area contributed by atoms with Crippen LogP contribution < -0.4 is 20.9 Å². The second-order valence-corrected chi connectivity index (χ2v) is 5.80. The first kappa shape index (κ1) is 19.3. The predicted octanol–water partition coefficient (Wildman–Crippen LogP) is 2.06. The minimum atomic E-state index is -0.556. The third-order valence-electron chi connectivity index (χ3n) is 3.45. The van der Waals surface area contributed by atoms with Gasteiger partial charge >= 0.3 is 0 Å². The molecule has 2 rings (SSSR count). The van der Waals surface area contributed by atoms with E-state index in [-0.39, 0.29) is 11.5 Å². The number of hydrogen-bond acceptors (Lipinski definition) is 4. The molecule has 0 saturated heterocycles. The average molecular weight is 376 g/mol. The zero-order valence-electron chi connectivity index (χ0n) is 14.3. The molecule has 0 aliphatic carbocycles. The van der Waals surface area contributed by atoms with Crippen LogP contribution >= 0.6 is 11.6 Å². The molecule has 3 N–H and O–H groups in total. The van der Waals surface area contributed by atoms with E-state index in [4.69, 9.17) is 16.3 Å². The summed E-state index contributed by atoms with van der Waals surface area (Å²) < 4.78 is 5.10. The van der Waals surface area contributed by atoms with E-state index in [9.17, 15) is 14.4 Å². The molecule has 7 nitrogen and oxygen atoms in total. The molecule has 0 atom stereocenters. The molecule has 0 spiro atoms. The Morgan fingerprint density at radius 1 is 1.00 bits per heavy atom. The number of benzene rings is 2. The van der Waals surface area contributed by atoms with Crippen molar-refractivity contribution in [1.82, 2.24) is 16.2 Å². The second kappa shape index (κ2) is 8.87. The van der Waals surface area contributed by atoms with Gasteiger partial charge in [0.15, 0.2) is 0 Å². The van der Waals surface area contributed by atoms with Crippen LogP contribution in [0, 0.1) is 0 Å². The molecular weight excluding hydrogens is 358 g/mol. The van der Waals surface area contributed by atoms with E-state index in [0.717, 1.165) is 5.56 Å². The first-order chi connectivity index (χ1) is 12.4. The van der Waals surface area contributed by atoms with Crippen molar-refractivity contribution in [3.05, 3.63) is 64.2 Å². The Morgan fingerprint density at radius 2 is 1.65 bits per heavy atom. The van der Waals surface area contributed by atoms with Crippen molar-refractivity contribution in [1.29, 1.82) is 0 Å². The Balaban J connectivity index is 1.97. The van der Waals surface area contributed by atoms with Crippen LogP contribution in [-0.4, -0.2) is 24.8 Å². The van der Waals surface area contributed by atoms with Crippen molar-refractivity contribution in [2.24, 2.45) is 0 Å². The van der Waals surface area contributed by atoms with Crippen LogP contribution in [0.25, 0.3) is 0 Å². The van der Waals surface area contributed by atoms with Gasteiger partial charge in [0.2, 0.25) is 5.91 Å². The van der Waals surface area contributed by atoms with Gasteiger partial charge in [0, 0.05) is 24.1 Å². The summed E-state index contributed by atoms with van der Waals surface area (Å²) in [5.41, 5.74) is 6.06. The van der Waals surface area contributed by atoms with Crippen LogP contribution in [0.4, 0.5) is 0 Å². The van der Waals surface area contributed by atoms with Crippen LogP contribution in [0.15, 0.2) is 42.5 Å². The van der Waals surface area contributed by atoms with Crippen molar-refractivity contribution in [2.75, 3.05) is 7.11 Å². The van der Waals surface area contributed by atoms with E-state index < -0.39 is 11.8 Å². The number of carbonyl (C=O) groups is 3. The first-order valence-corrected chi connectivity index (χ1v) is 8.06. The normalized spacial score (nSPS) is 9.96. The number of halogens is 1. The van der Waals surface area contributed by atoms with Gasteiger partial charge in [0.25, 0.3) is 11.8 Å². The summed E-state index contributed by atoms with van der Waals surface area (Å²) in [6.45, 7) is 1.81. The third kappa shape index (κ3) is 5.22. The number of hydrazine groups is 1. The van der Waals surface area contributed by atoms with Crippen molar-refractivity contribution in [3.63, 3.8) is 0 Å². The van der Waals surface area contributed by atoms with Crippen LogP contribution in [0.3, 0.4) is 0 Å². The number of ether oxygens (including phenoxy) is 1. The van der Waals surface area contributed by atoms with E-state index >= 15 is 0 Å². The summed E-state index contributed by atoms with van der Waals surface area (Å²) in [6.07, 6.45) is 0. The van der Waals surface area contributed by atoms with Crippen molar-refractivity contribution in [2.45, 2.75) is 13.5 Å². The Bertz CT molecular complexity index is 822. The lowest BCUT2D eigenvalue weighted by Gasteiger charge is -2.11. The Kier molecular flexibility index (Phi) is 6.57. The molecular formula is C18H18ClN3O4. The smallest absolute Gasteiger partial charge is 0.273 e. The van der Waals surface area contributed by atoms with Crippen molar-refractivity contribution in [3.8, 4) is 5.75 Å². The molecule has 26 heavy (non-hydrogen) atoms. The maximum absolute atomic E-state index is 12.2. The maximum Gasteiger partial charge on any atom is 0.273 e. The molecule has 8 heteroatoms. The summed E-state index contributed by atoms with van der Waals surface area (Å²) >= 11 is 5.89. The van der Waals surface area contributed by atoms with Gasteiger partial charge in [0.05, 0.1) is 12.7 Å². The fourth-order valence-corrected chi connectivity index (χ4v) is 2.28. The third-order valence-corrected chi connectivity index (χ3v) is 3.69. The monoisotopic (exact) mass is 375 g/mol. The summed E-state index contributed by atoms with van der Waals surface area (Å²) in [5.74, 6) is -0.833. The fraction of sp³-hybridized carbons (Fsp3) is 0.167. The predicted molar refractivity (Wildman–Crippen MR) is 96.9 cm³/mol. The average Bonchev–Trinajstić information content (AvgIpc) is 2.64. The molecule has 0 aromatic heterocycles.